The average molecular weight is 285 g/mol. The van der Waals surface area contributed by atoms with E-state index < -0.39 is 6.10 Å². The van der Waals surface area contributed by atoms with E-state index in [2.05, 4.69) is 29.2 Å². The lowest BCUT2D eigenvalue weighted by Crippen LogP contribution is -2.27. The predicted octanol–water partition coefficient (Wildman–Crippen LogP) is 3.48. The van der Waals surface area contributed by atoms with E-state index in [1.54, 1.807) is 19.1 Å². The molecule has 2 aromatic carbocycles. The van der Waals surface area contributed by atoms with E-state index in [1.807, 2.05) is 0 Å². The maximum absolute atomic E-state index is 14.3. The van der Waals surface area contributed by atoms with Crippen LogP contribution in [0, 0.1) is 5.82 Å². The summed E-state index contributed by atoms with van der Waals surface area (Å²) in [5.41, 5.74) is 3.98. The molecule has 2 aromatic rings. The molecule has 110 valence electrons. The molecule has 1 atom stereocenters. The van der Waals surface area contributed by atoms with Crippen molar-refractivity contribution in [2.24, 2.45) is 0 Å². The first-order valence-corrected chi connectivity index (χ1v) is 7.44. The second kappa shape index (κ2) is 5.86. The third kappa shape index (κ3) is 2.93. The molecular weight excluding hydrogens is 265 g/mol. The lowest BCUT2D eigenvalue weighted by atomic mass is 10.0. The molecule has 21 heavy (non-hydrogen) atoms. The minimum absolute atomic E-state index is 0.251. The number of rotatable bonds is 2. The van der Waals surface area contributed by atoms with Crippen molar-refractivity contribution in [2.45, 2.75) is 25.9 Å². The van der Waals surface area contributed by atoms with Gasteiger partial charge in [-0.3, -0.25) is 0 Å². The van der Waals surface area contributed by atoms with Crippen molar-refractivity contribution < 1.29 is 9.50 Å². The number of hydrogen-bond acceptors (Lipinski definition) is 2. The van der Waals surface area contributed by atoms with E-state index in [1.165, 1.54) is 17.2 Å². The lowest BCUT2D eigenvalue weighted by Gasteiger charge is -2.23. The highest BCUT2D eigenvalue weighted by molar-refractivity contribution is 5.50. The summed E-state index contributed by atoms with van der Waals surface area (Å²) in [5.74, 6) is -0.251. The van der Waals surface area contributed by atoms with Crippen molar-refractivity contribution in [2.75, 3.05) is 18.0 Å². The van der Waals surface area contributed by atoms with Gasteiger partial charge >= 0.3 is 0 Å². The molecule has 0 bridgehead atoms. The molecule has 0 spiro atoms. The number of nitrogens with zero attached hydrogens (tertiary/aromatic N) is 1. The summed E-state index contributed by atoms with van der Waals surface area (Å²) in [6.07, 6.45) is 1.24. The zero-order valence-electron chi connectivity index (χ0n) is 12.2. The standard InChI is InChI=1S/C18H20FNO/c1-13(21)16-6-7-18(17(19)12-16)20-10-8-14-4-2-3-5-15(14)9-11-20/h2-7,12-13,21H,8-11H2,1H3/t13-/m1/s1. The summed E-state index contributed by atoms with van der Waals surface area (Å²) < 4.78 is 14.3. The quantitative estimate of drug-likeness (QED) is 0.913. The van der Waals surface area contributed by atoms with Crippen molar-refractivity contribution in [1.29, 1.82) is 0 Å². The van der Waals surface area contributed by atoms with E-state index >= 15 is 0 Å². The third-order valence-electron chi connectivity index (χ3n) is 4.22. The molecular formula is C18H20FNO. The maximum Gasteiger partial charge on any atom is 0.146 e. The zero-order chi connectivity index (χ0) is 14.8. The van der Waals surface area contributed by atoms with Gasteiger partial charge in [0.25, 0.3) is 0 Å². The van der Waals surface area contributed by atoms with Crippen LogP contribution in [0.25, 0.3) is 0 Å². The minimum atomic E-state index is -0.637. The van der Waals surface area contributed by atoms with E-state index in [4.69, 9.17) is 0 Å². The molecule has 0 radical (unpaired) electrons. The van der Waals surface area contributed by atoms with Crippen LogP contribution in [0.3, 0.4) is 0 Å². The zero-order valence-corrected chi connectivity index (χ0v) is 12.2. The highest BCUT2D eigenvalue weighted by atomic mass is 19.1. The van der Waals surface area contributed by atoms with E-state index in [0.29, 0.717) is 11.3 Å². The topological polar surface area (TPSA) is 23.5 Å². The number of hydrogen-bond donors (Lipinski definition) is 1. The Kier molecular flexibility index (Phi) is 3.93. The Balaban J connectivity index is 1.83. The fourth-order valence-corrected chi connectivity index (χ4v) is 2.95. The fraction of sp³-hybridized carbons (Fsp3) is 0.333. The number of aliphatic hydroxyl groups excluding tert-OH is 1. The van der Waals surface area contributed by atoms with Crippen LogP contribution in [0.1, 0.15) is 29.7 Å². The Labute approximate surface area is 124 Å². The SMILES string of the molecule is C[C@@H](O)c1ccc(N2CCc3ccccc3CC2)c(F)c1. The van der Waals surface area contributed by atoms with Crippen LogP contribution in [0.2, 0.25) is 0 Å². The van der Waals surface area contributed by atoms with Crippen LogP contribution in [-0.2, 0) is 12.8 Å². The largest absolute Gasteiger partial charge is 0.389 e. The summed E-state index contributed by atoms with van der Waals surface area (Å²) in [7, 11) is 0. The number of anilines is 1. The summed E-state index contributed by atoms with van der Waals surface area (Å²) >= 11 is 0. The Morgan fingerprint density at radius 3 is 2.19 bits per heavy atom. The van der Waals surface area contributed by atoms with Crippen LogP contribution >= 0.6 is 0 Å². The fourth-order valence-electron chi connectivity index (χ4n) is 2.95. The molecule has 3 rings (SSSR count). The number of fused-ring (bicyclic) bond motifs is 1. The molecule has 3 heteroatoms. The van der Waals surface area contributed by atoms with Gasteiger partial charge in [0.05, 0.1) is 11.8 Å². The molecule has 0 aliphatic carbocycles. The molecule has 0 amide bonds. The van der Waals surface area contributed by atoms with Gasteiger partial charge < -0.3 is 10.0 Å². The molecule has 1 aliphatic heterocycles. The molecule has 0 saturated carbocycles. The van der Waals surface area contributed by atoms with Gasteiger partial charge in [-0.15, -0.1) is 0 Å². The smallest absolute Gasteiger partial charge is 0.146 e. The van der Waals surface area contributed by atoms with Crippen molar-refractivity contribution in [3.05, 3.63) is 65.0 Å². The van der Waals surface area contributed by atoms with Gasteiger partial charge in [0.2, 0.25) is 0 Å². The van der Waals surface area contributed by atoms with Gasteiger partial charge in [-0.05, 0) is 48.6 Å². The van der Waals surface area contributed by atoms with Crippen LogP contribution in [-0.4, -0.2) is 18.2 Å². The molecule has 1 N–H and O–H groups in total. The van der Waals surface area contributed by atoms with Gasteiger partial charge in [-0.25, -0.2) is 4.39 Å². The van der Waals surface area contributed by atoms with Crippen molar-refractivity contribution in [1.82, 2.24) is 0 Å². The van der Waals surface area contributed by atoms with Crippen molar-refractivity contribution >= 4 is 5.69 Å². The second-order valence-electron chi connectivity index (χ2n) is 5.64. The number of benzene rings is 2. The average Bonchev–Trinajstić information content (AvgIpc) is 2.70. The van der Waals surface area contributed by atoms with Crippen molar-refractivity contribution in [3.63, 3.8) is 0 Å². The van der Waals surface area contributed by atoms with Gasteiger partial charge in [-0.2, -0.15) is 0 Å². The van der Waals surface area contributed by atoms with E-state index in [9.17, 15) is 9.50 Å². The number of aliphatic hydroxyl groups is 1. The lowest BCUT2D eigenvalue weighted by molar-refractivity contribution is 0.199. The molecule has 0 unspecified atom stereocenters. The van der Waals surface area contributed by atoms with Gasteiger partial charge in [-0.1, -0.05) is 30.3 Å². The van der Waals surface area contributed by atoms with Crippen LogP contribution < -0.4 is 4.90 Å². The molecule has 0 aromatic heterocycles. The van der Waals surface area contributed by atoms with E-state index in [-0.39, 0.29) is 5.82 Å². The van der Waals surface area contributed by atoms with Gasteiger partial charge in [0.15, 0.2) is 0 Å². The van der Waals surface area contributed by atoms with E-state index in [0.717, 1.165) is 25.9 Å². The summed E-state index contributed by atoms with van der Waals surface area (Å²) in [6.45, 7) is 3.29. The molecule has 2 nitrogen and oxygen atoms in total. The monoisotopic (exact) mass is 285 g/mol. The highest BCUT2D eigenvalue weighted by Gasteiger charge is 2.17. The maximum atomic E-state index is 14.3. The molecule has 0 fully saturated rings. The first kappa shape index (κ1) is 14.1. The van der Waals surface area contributed by atoms with Crippen LogP contribution in [0.4, 0.5) is 10.1 Å². The summed E-state index contributed by atoms with van der Waals surface area (Å²) in [6, 6.07) is 13.5. The molecule has 1 heterocycles. The minimum Gasteiger partial charge on any atom is -0.389 e. The summed E-state index contributed by atoms with van der Waals surface area (Å²) in [5, 5.41) is 9.53. The highest BCUT2D eigenvalue weighted by Crippen LogP contribution is 2.26. The van der Waals surface area contributed by atoms with Crippen LogP contribution in [0.5, 0.6) is 0 Å². The van der Waals surface area contributed by atoms with Gasteiger partial charge in [0, 0.05) is 13.1 Å². The summed E-state index contributed by atoms with van der Waals surface area (Å²) in [4.78, 5) is 2.10. The molecule has 1 aliphatic rings. The van der Waals surface area contributed by atoms with Gasteiger partial charge in [0.1, 0.15) is 5.82 Å². The third-order valence-corrected chi connectivity index (χ3v) is 4.22. The first-order chi connectivity index (χ1) is 10.1. The van der Waals surface area contributed by atoms with Crippen LogP contribution in [0.15, 0.2) is 42.5 Å². The van der Waals surface area contributed by atoms with Crippen molar-refractivity contribution in [3.8, 4) is 0 Å². The Hall–Kier alpha value is -1.87. The molecule has 0 saturated heterocycles. The normalized spacial score (nSPS) is 16.2. The number of halogens is 1. The Morgan fingerprint density at radius 1 is 1.05 bits per heavy atom. The Bertz CT molecular complexity index is 612. The second-order valence-corrected chi connectivity index (χ2v) is 5.64. The Morgan fingerprint density at radius 2 is 1.67 bits per heavy atom. The first-order valence-electron chi connectivity index (χ1n) is 7.44. The predicted molar refractivity (Wildman–Crippen MR) is 83.1 cm³/mol.